The van der Waals surface area contributed by atoms with Crippen molar-refractivity contribution in [2.45, 2.75) is 6.42 Å². The van der Waals surface area contributed by atoms with Crippen molar-refractivity contribution in [1.82, 2.24) is 10.7 Å². The van der Waals surface area contributed by atoms with Crippen molar-refractivity contribution in [3.8, 4) is 0 Å². The Morgan fingerprint density at radius 1 is 1.47 bits per heavy atom. The van der Waals surface area contributed by atoms with Crippen LogP contribution >= 0.6 is 11.3 Å². The SMILES string of the molecule is C=CCNC(=O)CC(=O)N/N=C\c1cccs1. The van der Waals surface area contributed by atoms with Crippen molar-refractivity contribution in [2.75, 3.05) is 6.54 Å². The normalized spacial score (nSPS) is 10.1. The van der Waals surface area contributed by atoms with Gasteiger partial charge in [0.05, 0.1) is 6.21 Å². The number of carbonyl (C=O) groups is 2. The lowest BCUT2D eigenvalue weighted by Gasteiger charge is -2.00. The van der Waals surface area contributed by atoms with Crippen LogP contribution in [0.4, 0.5) is 0 Å². The maximum Gasteiger partial charge on any atom is 0.249 e. The van der Waals surface area contributed by atoms with Gasteiger partial charge in [-0.05, 0) is 11.4 Å². The lowest BCUT2D eigenvalue weighted by atomic mass is 10.4. The molecule has 0 bridgehead atoms. The average Bonchev–Trinajstić information content (AvgIpc) is 2.79. The number of nitrogens with zero attached hydrogens (tertiary/aromatic N) is 1. The van der Waals surface area contributed by atoms with Gasteiger partial charge < -0.3 is 5.32 Å². The molecule has 0 saturated heterocycles. The molecule has 6 heteroatoms. The molecule has 0 fully saturated rings. The van der Waals surface area contributed by atoms with E-state index in [9.17, 15) is 9.59 Å². The van der Waals surface area contributed by atoms with E-state index in [-0.39, 0.29) is 12.3 Å². The Kier molecular flexibility index (Phi) is 5.67. The zero-order valence-corrected chi connectivity index (χ0v) is 10.00. The molecule has 0 aliphatic heterocycles. The highest BCUT2D eigenvalue weighted by Gasteiger charge is 2.06. The van der Waals surface area contributed by atoms with Crippen LogP contribution in [0.15, 0.2) is 35.3 Å². The Morgan fingerprint density at radius 2 is 2.29 bits per heavy atom. The molecule has 0 atom stereocenters. The van der Waals surface area contributed by atoms with Crippen LogP contribution in [-0.2, 0) is 9.59 Å². The Labute approximate surface area is 103 Å². The first-order valence-corrected chi connectivity index (χ1v) is 5.83. The van der Waals surface area contributed by atoms with E-state index in [0.29, 0.717) is 6.54 Å². The van der Waals surface area contributed by atoms with E-state index < -0.39 is 5.91 Å². The highest BCUT2D eigenvalue weighted by atomic mass is 32.1. The van der Waals surface area contributed by atoms with Crippen LogP contribution in [0, 0.1) is 0 Å². The summed E-state index contributed by atoms with van der Waals surface area (Å²) in [5, 5.41) is 8.14. The largest absolute Gasteiger partial charge is 0.352 e. The smallest absolute Gasteiger partial charge is 0.249 e. The molecule has 5 nitrogen and oxygen atoms in total. The molecule has 0 aromatic carbocycles. The van der Waals surface area contributed by atoms with Crippen LogP contribution in [0.25, 0.3) is 0 Å². The molecule has 0 aliphatic carbocycles. The molecule has 2 amide bonds. The van der Waals surface area contributed by atoms with Crippen LogP contribution < -0.4 is 10.7 Å². The van der Waals surface area contributed by atoms with Crippen LogP contribution in [-0.4, -0.2) is 24.6 Å². The van der Waals surface area contributed by atoms with Crippen molar-refractivity contribution in [1.29, 1.82) is 0 Å². The summed E-state index contributed by atoms with van der Waals surface area (Å²) in [5.41, 5.74) is 2.28. The Morgan fingerprint density at radius 3 is 2.94 bits per heavy atom. The minimum Gasteiger partial charge on any atom is -0.352 e. The molecule has 0 aliphatic rings. The van der Waals surface area contributed by atoms with Gasteiger partial charge >= 0.3 is 0 Å². The van der Waals surface area contributed by atoms with E-state index >= 15 is 0 Å². The number of hydrazone groups is 1. The summed E-state index contributed by atoms with van der Waals surface area (Å²) in [6.07, 6.45) is 2.84. The quantitative estimate of drug-likeness (QED) is 0.341. The lowest BCUT2D eigenvalue weighted by Crippen LogP contribution is -2.29. The maximum absolute atomic E-state index is 11.2. The summed E-state index contributed by atoms with van der Waals surface area (Å²) in [7, 11) is 0. The summed E-state index contributed by atoms with van der Waals surface area (Å²) in [6.45, 7) is 3.80. The third kappa shape index (κ3) is 5.62. The molecular formula is C11H13N3O2S. The Hall–Kier alpha value is -1.95. The number of nitrogens with one attached hydrogen (secondary N) is 2. The summed E-state index contributed by atoms with van der Waals surface area (Å²) in [4.78, 5) is 23.3. The Balaban J connectivity index is 2.25. The van der Waals surface area contributed by atoms with Crippen LogP contribution in [0.5, 0.6) is 0 Å². The van der Waals surface area contributed by atoms with E-state index in [1.165, 1.54) is 17.6 Å². The van der Waals surface area contributed by atoms with E-state index in [1.807, 2.05) is 17.5 Å². The molecule has 2 N–H and O–H groups in total. The van der Waals surface area contributed by atoms with Gasteiger partial charge in [0.15, 0.2) is 0 Å². The zero-order valence-electron chi connectivity index (χ0n) is 9.18. The fourth-order valence-electron chi connectivity index (χ4n) is 0.966. The fourth-order valence-corrected chi connectivity index (χ4v) is 1.55. The van der Waals surface area contributed by atoms with Crippen molar-refractivity contribution < 1.29 is 9.59 Å². The first-order chi connectivity index (χ1) is 8.22. The minimum atomic E-state index is -0.445. The molecule has 0 saturated carbocycles. The molecule has 1 aromatic heterocycles. The second kappa shape index (κ2) is 7.34. The van der Waals surface area contributed by atoms with E-state index in [2.05, 4.69) is 22.4 Å². The van der Waals surface area contributed by atoms with Crippen molar-refractivity contribution in [3.63, 3.8) is 0 Å². The van der Waals surface area contributed by atoms with E-state index in [4.69, 9.17) is 0 Å². The number of thiophene rings is 1. The molecule has 0 radical (unpaired) electrons. The molecule has 1 heterocycles. The highest BCUT2D eigenvalue weighted by molar-refractivity contribution is 7.11. The molecule has 0 unspecified atom stereocenters. The van der Waals surface area contributed by atoms with Gasteiger partial charge in [-0.3, -0.25) is 9.59 Å². The number of carbonyl (C=O) groups excluding carboxylic acids is 2. The molecule has 1 rings (SSSR count). The Bertz CT molecular complexity index is 412. The van der Waals surface area contributed by atoms with Gasteiger partial charge in [0.2, 0.25) is 11.8 Å². The topological polar surface area (TPSA) is 70.6 Å². The first kappa shape index (κ1) is 13.1. The summed E-state index contributed by atoms with van der Waals surface area (Å²) < 4.78 is 0. The van der Waals surface area contributed by atoms with Crippen molar-refractivity contribution in [3.05, 3.63) is 35.0 Å². The second-order valence-electron chi connectivity index (χ2n) is 3.08. The minimum absolute atomic E-state index is 0.240. The number of hydrogen-bond donors (Lipinski definition) is 2. The molecule has 90 valence electrons. The van der Waals surface area contributed by atoms with Gasteiger partial charge in [-0.15, -0.1) is 17.9 Å². The molecule has 17 heavy (non-hydrogen) atoms. The maximum atomic E-state index is 11.2. The molecular weight excluding hydrogens is 238 g/mol. The third-order valence-electron chi connectivity index (χ3n) is 1.69. The highest BCUT2D eigenvalue weighted by Crippen LogP contribution is 2.03. The fraction of sp³-hybridized carbons (Fsp3) is 0.182. The van der Waals surface area contributed by atoms with Gasteiger partial charge in [0.25, 0.3) is 0 Å². The van der Waals surface area contributed by atoms with Crippen molar-refractivity contribution >= 4 is 29.4 Å². The summed E-state index contributed by atoms with van der Waals surface area (Å²) >= 11 is 1.51. The predicted octanol–water partition coefficient (Wildman–Crippen LogP) is 0.890. The number of amides is 2. The van der Waals surface area contributed by atoms with E-state index in [1.54, 1.807) is 6.08 Å². The van der Waals surface area contributed by atoms with Gasteiger partial charge in [0, 0.05) is 11.4 Å². The van der Waals surface area contributed by atoms with Crippen LogP contribution in [0.3, 0.4) is 0 Å². The van der Waals surface area contributed by atoms with Crippen molar-refractivity contribution in [2.24, 2.45) is 5.10 Å². The standard InChI is InChI=1S/C11H13N3O2S/c1-2-5-12-10(15)7-11(16)14-13-8-9-4-3-6-17-9/h2-4,6,8H,1,5,7H2,(H,12,15)(H,14,16)/b13-8-. The van der Waals surface area contributed by atoms with Gasteiger partial charge in [-0.25, -0.2) is 5.43 Å². The van der Waals surface area contributed by atoms with Crippen LogP contribution in [0.1, 0.15) is 11.3 Å². The zero-order chi connectivity index (χ0) is 12.5. The molecule has 1 aromatic rings. The summed E-state index contributed by atoms with van der Waals surface area (Å²) in [5.74, 6) is -0.798. The van der Waals surface area contributed by atoms with E-state index in [0.717, 1.165) is 4.88 Å². The van der Waals surface area contributed by atoms with Gasteiger partial charge in [0.1, 0.15) is 6.42 Å². The van der Waals surface area contributed by atoms with Gasteiger partial charge in [-0.2, -0.15) is 5.10 Å². The van der Waals surface area contributed by atoms with Crippen LogP contribution in [0.2, 0.25) is 0 Å². The predicted molar refractivity (Wildman–Crippen MR) is 67.9 cm³/mol. The van der Waals surface area contributed by atoms with Gasteiger partial charge in [-0.1, -0.05) is 12.1 Å². The monoisotopic (exact) mass is 251 g/mol. The second-order valence-corrected chi connectivity index (χ2v) is 4.06. The summed E-state index contributed by atoms with van der Waals surface area (Å²) in [6, 6.07) is 3.76. The first-order valence-electron chi connectivity index (χ1n) is 4.95. The number of rotatable bonds is 6. The molecule has 0 spiro atoms. The lowest BCUT2D eigenvalue weighted by molar-refractivity contribution is -0.129. The third-order valence-corrected chi connectivity index (χ3v) is 2.50. The average molecular weight is 251 g/mol. The number of hydrogen-bond acceptors (Lipinski definition) is 4.